The number of rotatable bonds is 4. The maximum atomic E-state index is 14.6. The number of pyridine rings is 1. The van der Waals surface area contributed by atoms with E-state index >= 15 is 0 Å². The monoisotopic (exact) mass is 450 g/mol. The highest BCUT2D eigenvalue weighted by atomic mass is 19.1. The Bertz CT molecular complexity index is 1300. The quantitative estimate of drug-likeness (QED) is 0.590. The summed E-state index contributed by atoms with van der Waals surface area (Å²) in [6.07, 6.45) is 3.13. The number of halogens is 1. The summed E-state index contributed by atoms with van der Waals surface area (Å²) in [4.78, 5) is 39.5. The van der Waals surface area contributed by atoms with Gasteiger partial charge in [-0.1, -0.05) is 0 Å². The topological polar surface area (TPSA) is 94.2 Å². The Balaban J connectivity index is 1.32. The molecule has 9 heteroatoms. The third-order valence-electron chi connectivity index (χ3n) is 6.72. The molecule has 0 atom stereocenters. The van der Waals surface area contributed by atoms with Gasteiger partial charge in [0.05, 0.1) is 16.7 Å². The predicted octanol–water partition coefficient (Wildman–Crippen LogP) is 1.94. The summed E-state index contributed by atoms with van der Waals surface area (Å²) in [6, 6.07) is 5.27. The van der Waals surface area contributed by atoms with Gasteiger partial charge in [-0.25, -0.2) is 9.97 Å². The van der Waals surface area contributed by atoms with Crippen molar-refractivity contribution >= 4 is 22.6 Å². The van der Waals surface area contributed by atoms with Crippen LogP contribution < -0.4 is 15.8 Å². The van der Waals surface area contributed by atoms with Gasteiger partial charge in [0.1, 0.15) is 11.4 Å². The van der Waals surface area contributed by atoms with E-state index in [0.29, 0.717) is 24.5 Å². The Morgan fingerprint density at radius 1 is 1.15 bits per heavy atom. The number of H-pyrrole nitrogens is 1. The van der Waals surface area contributed by atoms with Crippen LogP contribution in [0.15, 0.2) is 23.0 Å². The number of carbonyl (C=O) groups is 1. The smallest absolute Gasteiger partial charge is 0.269 e. The Morgan fingerprint density at radius 2 is 1.91 bits per heavy atom. The van der Waals surface area contributed by atoms with Crippen LogP contribution >= 0.6 is 0 Å². The van der Waals surface area contributed by atoms with E-state index in [9.17, 15) is 14.0 Å². The van der Waals surface area contributed by atoms with Crippen LogP contribution in [0.5, 0.6) is 0 Å². The van der Waals surface area contributed by atoms with Crippen LogP contribution in [0.25, 0.3) is 11.0 Å². The van der Waals surface area contributed by atoms with Gasteiger partial charge in [-0.05, 0) is 61.1 Å². The minimum atomic E-state index is -0.622. The SMILES string of the molecule is CNC(=O)c1ccc(N2CCN(Cc3cc4[nH]c(=O)c(C)nc4c4c3CCC4)CC2)c(F)n1. The molecule has 33 heavy (non-hydrogen) atoms. The minimum absolute atomic E-state index is 0.0743. The lowest BCUT2D eigenvalue weighted by atomic mass is 10.00. The lowest BCUT2D eigenvalue weighted by molar-refractivity contribution is 0.0957. The first kappa shape index (κ1) is 21.5. The van der Waals surface area contributed by atoms with Gasteiger partial charge in [0.2, 0.25) is 5.95 Å². The number of nitrogens with zero attached hydrogens (tertiary/aromatic N) is 4. The van der Waals surface area contributed by atoms with Crippen LogP contribution in [-0.4, -0.2) is 59.0 Å². The molecule has 1 fully saturated rings. The van der Waals surface area contributed by atoms with Crippen molar-refractivity contribution in [1.82, 2.24) is 25.2 Å². The molecule has 2 aromatic heterocycles. The second-order valence-corrected chi connectivity index (χ2v) is 8.74. The molecule has 2 N–H and O–H groups in total. The van der Waals surface area contributed by atoms with Crippen molar-refractivity contribution in [1.29, 1.82) is 0 Å². The van der Waals surface area contributed by atoms with E-state index in [4.69, 9.17) is 0 Å². The van der Waals surface area contributed by atoms with Gasteiger partial charge in [-0.15, -0.1) is 0 Å². The normalized spacial score (nSPS) is 16.3. The van der Waals surface area contributed by atoms with Gasteiger partial charge < -0.3 is 15.2 Å². The van der Waals surface area contributed by atoms with Gasteiger partial charge in [-0.3, -0.25) is 14.5 Å². The van der Waals surface area contributed by atoms with Crippen LogP contribution in [0, 0.1) is 12.9 Å². The number of piperazine rings is 1. The summed E-state index contributed by atoms with van der Waals surface area (Å²) in [5.41, 5.74) is 6.48. The van der Waals surface area contributed by atoms with Crippen molar-refractivity contribution in [3.05, 3.63) is 62.6 Å². The number of aryl methyl sites for hydroxylation is 2. The summed E-state index contributed by atoms with van der Waals surface area (Å²) in [7, 11) is 1.50. The molecule has 3 heterocycles. The molecule has 2 aliphatic rings. The largest absolute Gasteiger partial charge is 0.365 e. The van der Waals surface area contributed by atoms with Gasteiger partial charge in [0, 0.05) is 39.8 Å². The number of anilines is 1. The molecule has 0 spiro atoms. The highest BCUT2D eigenvalue weighted by Gasteiger charge is 2.25. The van der Waals surface area contributed by atoms with E-state index in [2.05, 4.69) is 31.2 Å². The molecule has 1 aromatic carbocycles. The van der Waals surface area contributed by atoms with Crippen molar-refractivity contribution in [2.24, 2.45) is 0 Å². The number of nitrogens with one attached hydrogen (secondary N) is 2. The van der Waals surface area contributed by atoms with Gasteiger partial charge in [0.25, 0.3) is 11.5 Å². The fraction of sp³-hybridized carbons (Fsp3) is 0.417. The van der Waals surface area contributed by atoms with Gasteiger partial charge >= 0.3 is 0 Å². The molecule has 0 radical (unpaired) electrons. The maximum Gasteiger partial charge on any atom is 0.269 e. The Kier molecular flexibility index (Phi) is 5.57. The first-order chi connectivity index (χ1) is 15.9. The zero-order valence-electron chi connectivity index (χ0n) is 18.9. The van der Waals surface area contributed by atoms with E-state index < -0.39 is 11.9 Å². The second kappa shape index (κ2) is 8.55. The Labute approximate surface area is 190 Å². The molecule has 0 unspecified atom stereocenters. The first-order valence-electron chi connectivity index (χ1n) is 11.3. The number of aromatic amines is 1. The standard InChI is InChI=1S/C24H27FN6O2/c1-14-23(32)29-19-12-15(16-4-3-5-17(16)21(19)27-14)13-30-8-10-31(11-9-30)20-7-6-18(24(33)26-2)28-22(20)25/h6-7,12H,3-5,8-11,13H2,1-2H3,(H,26,33)(H,29,32). The molecule has 0 bridgehead atoms. The van der Waals surface area contributed by atoms with E-state index in [1.54, 1.807) is 19.1 Å². The van der Waals surface area contributed by atoms with Gasteiger partial charge in [-0.2, -0.15) is 4.39 Å². The van der Waals surface area contributed by atoms with Crippen molar-refractivity contribution in [2.75, 3.05) is 38.1 Å². The molecular formula is C24H27FN6O2. The molecule has 8 nitrogen and oxygen atoms in total. The summed E-state index contributed by atoms with van der Waals surface area (Å²) < 4.78 is 14.6. The van der Waals surface area contributed by atoms with Crippen molar-refractivity contribution in [3.8, 4) is 0 Å². The molecule has 3 aromatic rings. The second-order valence-electron chi connectivity index (χ2n) is 8.74. The molecule has 1 saturated heterocycles. The summed E-state index contributed by atoms with van der Waals surface area (Å²) in [5, 5.41) is 2.46. The average molecular weight is 451 g/mol. The van der Waals surface area contributed by atoms with Crippen LogP contribution in [-0.2, 0) is 19.4 Å². The highest BCUT2D eigenvalue weighted by molar-refractivity contribution is 5.92. The van der Waals surface area contributed by atoms with Crippen LogP contribution in [0.4, 0.5) is 10.1 Å². The summed E-state index contributed by atoms with van der Waals surface area (Å²) in [6.45, 7) is 5.45. The first-order valence-corrected chi connectivity index (χ1v) is 11.3. The molecule has 1 amide bonds. The average Bonchev–Trinajstić information content (AvgIpc) is 3.31. The summed E-state index contributed by atoms with van der Waals surface area (Å²) >= 11 is 0. The van der Waals surface area contributed by atoms with E-state index in [1.165, 1.54) is 23.7 Å². The zero-order valence-corrected chi connectivity index (χ0v) is 18.9. The van der Waals surface area contributed by atoms with Crippen molar-refractivity contribution in [3.63, 3.8) is 0 Å². The van der Waals surface area contributed by atoms with Crippen LogP contribution in [0.1, 0.15) is 39.3 Å². The number of aromatic nitrogens is 3. The molecule has 1 aliphatic heterocycles. The predicted molar refractivity (Wildman–Crippen MR) is 124 cm³/mol. The molecule has 5 rings (SSSR count). The van der Waals surface area contributed by atoms with E-state index in [0.717, 1.165) is 49.9 Å². The molecular weight excluding hydrogens is 423 g/mol. The van der Waals surface area contributed by atoms with Crippen molar-refractivity contribution < 1.29 is 9.18 Å². The zero-order chi connectivity index (χ0) is 23.1. The molecule has 172 valence electrons. The molecule has 0 saturated carbocycles. The number of fused-ring (bicyclic) bond motifs is 3. The number of carbonyl (C=O) groups excluding carboxylic acids is 1. The van der Waals surface area contributed by atoms with Crippen molar-refractivity contribution in [2.45, 2.75) is 32.7 Å². The van der Waals surface area contributed by atoms with E-state index in [1.807, 2.05) is 4.90 Å². The van der Waals surface area contributed by atoms with E-state index in [-0.39, 0.29) is 11.3 Å². The minimum Gasteiger partial charge on any atom is -0.365 e. The number of benzene rings is 1. The summed E-state index contributed by atoms with van der Waals surface area (Å²) in [5.74, 6) is -1.02. The fourth-order valence-corrected chi connectivity index (χ4v) is 4.95. The lowest BCUT2D eigenvalue weighted by Crippen LogP contribution is -2.46. The Morgan fingerprint density at radius 3 is 2.64 bits per heavy atom. The third kappa shape index (κ3) is 3.97. The maximum absolute atomic E-state index is 14.6. The van der Waals surface area contributed by atoms with Crippen LogP contribution in [0.2, 0.25) is 0 Å². The van der Waals surface area contributed by atoms with Gasteiger partial charge in [0.15, 0.2) is 0 Å². The third-order valence-corrected chi connectivity index (χ3v) is 6.72. The lowest BCUT2D eigenvalue weighted by Gasteiger charge is -2.36. The van der Waals surface area contributed by atoms with Crippen LogP contribution in [0.3, 0.4) is 0 Å². The fourth-order valence-electron chi connectivity index (χ4n) is 4.95. The number of hydrogen-bond acceptors (Lipinski definition) is 6. The highest BCUT2D eigenvalue weighted by Crippen LogP contribution is 2.32. The molecule has 1 aliphatic carbocycles. The number of amides is 1. The Hall–Kier alpha value is -3.33. The number of hydrogen-bond donors (Lipinski definition) is 2.